The molecule has 31 heavy (non-hydrogen) atoms. The van der Waals surface area contributed by atoms with Gasteiger partial charge in [-0.3, -0.25) is 0 Å². The lowest BCUT2D eigenvalue weighted by Crippen LogP contribution is -2.50. The molecule has 5 unspecified atom stereocenters. The fraction of sp³-hybridized carbons (Fsp3) is 0.630. The second kappa shape index (κ2) is 9.84. The van der Waals surface area contributed by atoms with E-state index in [0.717, 1.165) is 11.5 Å². The van der Waals surface area contributed by atoms with Gasteiger partial charge in [0.2, 0.25) is 0 Å². The van der Waals surface area contributed by atoms with Crippen LogP contribution in [0.25, 0.3) is 0 Å². The maximum atomic E-state index is 6.99. The zero-order chi connectivity index (χ0) is 21.1. The Kier molecular flexibility index (Phi) is 6.91. The summed E-state index contributed by atoms with van der Waals surface area (Å²) in [5, 5.41) is 1.29. The van der Waals surface area contributed by atoms with Crippen LogP contribution in [0, 0.1) is 0 Å². The van der Waals surface area contributed by atoms with Crippen LogP contribution in [0.2, 0.25) is 0 Å². The molecule has 1 aromatic carbocycles. The Morgan fingerprint density at radius 3 is 1.52 bits per heavy atom. The largest absolute Gasteiger partial charge is 0.489 e. The van der Waals surface area contributed by atoms with Crippen LogP contribution in [0.3, 0.4) is 0 Å². The fourth-order valence-electron chi connectivity index (χ4n) is 6.39. The van der Waals surface area contributed by atoms with Crippen molar-refractivity contribution in [2.45, 2.75) is 107 Å². The van der Waals surface area contributed by atoms with Gasteiger partial charge in [-0.15, -0.1) is 0 Å². The predicted octanol–water partition coefficient (Wildman–Crippen LogP) is 7.27. The van der Waals surface area contributed by atoms with E-state index in [4.69, 9.17) is 21.3 Å². The molecule has 5 atom stereocenters. The lowest BCUT2D eigenvalue weighted by Gasteiger charge is -2.51. The molecule has 0 radical (unpaired) electrons. The first kappa shape index (κ1) is 21.8. The number of rotatable bonds is 0. The minimum absolute atomic E-state index is 0.292. The highest BCUT2D eigenvalue weighted by Gasteiger charge is 2.53. The van der Waals surface area contributed by atoms with E-state index in [2.05, 4.69) is 42.5 Å². The molecule has 2 saturated carbocycles. The normalized spacial score (nSPS) is 34.8. The summed E-state index contributed by atoms with van der Waals surface area (Å²) >= 11 is 6.99. The monoisotopic (exact) mass is 456 g/mol. The summed E-state index contributed by atoms with van der Waals surface area (Å²) in [6.07, 6.45) is 17.3. The average molecular weight is 457 g/mol. The van der Waals surface area contributed by atoms with E-state index >= 15 is 0 Å². The highest BCUT2D eigenvalue weighted by molar-refractivity contribution is 8.19. The minimum Gasteiger partial charge on any atom is -0.489 e. The molecule has 5 rings (SSSR count). The number of hydrogen-bond acceptors (Lipinski definition) is 3. The Balaban J connectivity index is 1.72. The van der Waals surface area contributed by atoms with Crippen LogP contribution in [0.15, 0.2) is 42.5 Å². The summed E-state index contributed by atoms with van der Waals surface area (Å²) < 4.78 is 13.6. The van der Waals surface area contributed by atoms with Crippen molar-refractivity contribution in [2.24, 2.45) is 0 Å². The Bertz CT molecular complexity index is 883. The minimum atomic E-state index is -1.87. The van der Waals surface area contributed by atoms with Crippen molar-refractivity contribution in [1.82, 2.24) is 0 Å². The van der Waals surface area contributed by atoms with Crippen molar-refractivity contribution >= 4 is 23.1 Å². The number of fused-ring (bicyclic) bond motifs is 4. The highest BCUT2D eigenvalue weighted by atomic mass is 32.4. The lowest BCUT2D eigenvalue weighted by atomic mass is 9.97. The van der Waals surface area contributed by atoms with E-state index < -0.39 is 6.04 Å². The van der Waals surface area contributed by atoms with Crippen molar-refractivity contribution in [1.29, 1.82) is 0 Å². The maximum absolute atomic E-state index is 6.99. The molecule has 0 N–H and O–H groups in total. The molecule has 2 heterocycles. The second-order valence-electron chi connectivity index (χ2n) is 9.87. The molecule has 168 valence electrons. The molecule has 4 aliphatic rings. The van der Waals surface area contributed by atoms with Crippen LogP contribution >= 0.6 is 6.04 Å². The van der Waals surface area contributed by atoms with Gasteiger partial charge in [0.15, 0.2) is 0 Å². The van der Waals surface area contributed by atoms with Gasteiger partial charge >= 0.3 is 0 Å². The topological polar surface area (TPSA) is 18.5 Å². The van der Waals surface area contributed by atoms with Crippen molar-refractivity contribution in [2.75, 3.05) is 0 Å². The standard InChI is InChI=1S/C27H37O2PS/c31-30-25-19-13-6-2-3-9-15-21(25)28-23-17-11-4-1-5-12-18-24(27(23)30)29-22-16-10-7-8-14-20-26(22)30/h1,4-5,11-12,17-18,21-22,25-26H,2-3,6-10,13-16,19-20H2. The Labute approximate surface area is 193 Å². The van der Waals surface area contributed by atoms with Gasteiger partial charge < -0.3 is 9.47 Å². The molecule has 2 fully saturated rings. The van der Waals surface area contributed by atoms with Crippen molar-refractivity contribution in [3.63, 3.8) is 0 Å². The molecule has 4 heteroatoms. The summed E-state index contributed by atoms with van der Waals surface area (Å²) in [5.74, 6) is 2.05. The van der Waals surface area contributed by atoms with Crippen LogP contribution in [-0.4, -0.2) is 23.5 Å². The second-order valence-corrected chi connectivity index (χ2v) is 14.9. The first-order valence-corrected chi connectivity index (χ1v) is 15.6. The van der Waals surface area contributed by atoms with Crippen LogP contribution < -0.4 is 14.8 Å². The molecule has 0 bridgehead atoms. The maximum Gasteiger partial charge on any atom is 0.131 e. The van der Waals surface area contributed by atoms with Gasteiger partial charge in [0, 0.05) is 17.4 Å². The molecule has 0 amide bonds. The molecule has 0 spiro atoms. The number of hydrogen-bond donors (Lipinski definition) is 0. The zero-order valence-electron chi connectivity index (χ0n) is 18.7. The zero-order valence-corrected chi connectivity index (χ0v) is 20.4. The van der Waals surface area contributed by atoms with Crippen LogP contribution in [0.4, 0.5) is 0 Å². The van der Waals surface area contributed by atoms with Gasteiger partial charge in [-0.05, 0) is 50.7 Å². The van der Waals surface area contributed by atoms with Crippen molar-refractivity contribution < 1.29 is 9.47 Å². The van der Waals surface area contributed by atoms with Crippen LogP contribution in [0.1, 0.15) is 83.5 Å². The smallest absolute Gasteiger partial charge is 0.131 e. The SMILES string of the molecule is S=P12c3c(cccccccc3OC3CCCCCCC31)OC1CCCCCCCC12. The quantitative estimate of drug-likeness (QED) is 0.382. The van der Waals surface area contributed by atoms with Crippen molar-refractivity contribution in [3.8, 4) is 11.5 Å². The lowest BCUT2D eigenvalue weighted by molar-refractivity contribution is 0.150. The first-order valence-electron chi connectivity index (χ1n) is 12.7. The highest BCUT2D eigenvalue weighted by Crippen LogP contribution is 2.67. The van der Waals surface area contributed by atoms with E-state index in [0.29, 0.717) is 23.5 Å². The van der Waals surface area contributed by atoms with Gasteiger partial charge in [-0.1, -0.05) is 87.1 Å². The molecule has 2 aliphatic carbocycles. The first-order chi connectivity index (χ1) is 15.3. The molecule has 0 aromatic heterocycles. The van der Waals surface area contributed by atoms with Gasteiger partial charge in [0.05, 0.1) is 5.30 Å². The van der Waals surface area contributed by atoms with Crippen molar-refractivity contribution in [3.05, 3.63) is 42.5 Å². The summed E-state index contributed by atoms with van der Waals surface area (Å²) in [4.78, 5) is 0. The third-order valence-corrected chi connectivity index (χ3v) is 14.3. The molecule has 2 aliphatic heterocycles. The Morgan fingerprint density at radius 2 is 1.00 bits per heavy atom. The molecule has 1 aromatic rings. The van der Waals surface area contributed by atoms with E-state index in [9.17, 15) is 0 Å². The average Bonchev–Trinajstić information content (AvgIpc) is 2.86. The van der Waals surface area contributed by atoms with Gasteiger partial charge in [0.25, 0.3) is 0 Å². The summed E-state index contributed by atoms with van der Waals surface area (Å²) in [6.45, 7) is 0. The van der Waals surface area contributed by atoms with E-state index in [1.54, 1.807) is 0 Å². The van der Waals surface area contributed by atoms with Crippen LogP contribution in [-0.2, 0) is 11.8 Å². The van der Waals surface area contributed by atoms with E-state index in [1.807, 2.05) is 0 Å². The van der Waals surface area contributed by atoms with Gasteiger partial charge in [-0.2, -0.15) is 0 Å². The summed E-state index contributed by atoms with van der Waals surface area (Å²) in [6, 6.07) is 13.0. The van der Waals surface area contributed by atoms with E-state index in [-0.39, 0.29) is 0 Å². The van der Waals surface area contributed by atoms with Crippen LogP contribution in [0.5, 0.6) is 11.5 Å². The fourth-order valence-corrected chi connectivity index (χ4v) is 13.0. The predicted molar refractivity (Wildman–Crippen MR) is 134 cm³/mol. The van der Waals surface area contributed by atoms with Gasteiger partial charge in [-0.25, -0.2) is 0 Å². The molecule has 0 saturated heterocycles. The summed E-state index contributed by atoms with van der Waals surface area (Å²) in [5.41, 5.74) is 1.05. The summed E-state index contributed by atoms with van der Waals surface area (Å²) in [7, 11) is 0. The Morgan fingerprint density at radius 1 is 0.581 bits per heavy atom. The third kappa shape index (κ3) is 4.30. The van der Waals surface area contributed by atoms with E-state index in [1.165, 1.54) is 88.8 Å². The molecular formula is C27H37O2PS. The van der Waals surface area contributed by atoms with Gasteiger partial charge in [0.1, 0.15) is 23.7 Å². The number of ether oxygens (including phenoxy) is 2. The molecular weight excluding hydrogens is 419 g/mol. The molecule has 2 nitrogen and oxygen atoms in total. The third-order valence-electron chi connectivity index (χ3n) is 7.88. The Hall–Kier alpha value is -1.05.